The minimum atomic E-state index is -4.32. The molecule has 168 valence electrons. The number of hydrogen-bond donors (Lipinski definition) is 2. The molecule has 3 N–H and O–H groups in total. The highest BCUT2D eigenvalue weighted by Crippen LogP contribution is 2.45. The minimum absolute atomic E-state index is 0.00257. The molecule has 30 heavy (non-hydrogen) atoms. The van der Waals surface area contributed by atoms with Crippen LogP contribution in [0.4, 0.5) is 13.2 Å². The molecule has 7 atom stereocenters. The first-order chi connectivity index (χ1) is 14.0. The van der Waals surface area contributed by atoms with Gasteiger partial charge in [-0.3, -0.25) is 14.8 Å². The fraction of sp³-hybridized carbons (Fsp3) is 0.850. The number of rotatable bonds is 3. The first kappa shape index (κ1) is 21.5. The summed E-state index contributed by atoms with van der Waals surface area (Å²) in [5, 5.41) is 8.63. The predicted octanol–water partition coefficient (Wildman–Crippen LogP) is 1.24. The second kappa shape index (κ2) is 7.47. The highest BCUT2D eigenvalue weighted by atomic mass is 19.4. The molecule has 4 heterocycles. The van der Waals surface area contributed by atoms with Crippen LogP contribution in [0.5, 0.6) is 0 Å². The largest absolute Gasteiger partial charge is 0.407 e. The van der Waals surface area contributed by atoms with Crippen molar-refractivity contribution in [3.63, 3.8) is 0 Å². The van der Waals surface area contributed by atoms with Gasteiger partial charge in [0.1, 0.15) is 6.54 Å². The topological polar surface area (TPSA) is 86.3 Å². The van der Waals surface area contributed by atoms with E-state index >= 15 is 0 Å². The van der Waals surface area contributed by atoms with Gasteiger partial charge in [0.25, 0.3) is 0 Å². The van der Waals surface area contributed by atoms with Gasteiger partial charge < -0.3 is 16.0 Å². The molecule has 4 rings (SSSR count). The Hall–Kier alpha value is -1.68. The predicted molar refractivity (Wildman–Crippen MR) is 108 cm³/mol. The van der Waals surface area contributed by atoms with E-state index in [4.69, 9.17) is 5.73 Å². The number of nitrogens with one attached hydrogen (secondary N) is 1. The second-order valence-corrected chi connectivity index (χ2v) is 9.82. The Morgan fingerprint density at radius 1 is 1.30 bits per heavy atom. The number of likely N-dealkylation sites (tertiary alicyclic amines) is 1. The van der Waals surface area contributed by atoms with Crippen LogP contribution in [-0.4, -0.2) is 83.8 Å². The van der Waals surface area contributed by atoms with Crippen LogP contribution < -0.4 is 11.1 Å². The smallest absolute Gasteiger partial charge is 0.326 e. The van der Waals surface area contributed by atoms with E-state index in [2.05, 4.69) is 22.3 Å². The Morgan fingerprint density at radius 3 is 2.70 bits per heavy atom. The molecule has 4 aliphatic rings. The van der Waals surface area contributed by atoms with E-state index in [1.807, 2.05) is 20.1 Å². The molecule has 0 aromatic rings. The number of aliphatic imine (C=N–C) groups is 1. The number of halogens is 3. The molecule has 2 saturated heterocycles. The molecular formula is C20H31F3N6O. The van der Waals surface area contributed by atoms with Crippen LogP contribution in [0.3, 0.4) is 0 Å². The summed E-state index contributed by atoms with van der Waals surface area (Å²) in [4.78, 5) is 19.6. The minimum Gasteiger partial charge on any atom is -0.326 e. The summed E-state index contributed by atoms with van der Waals surface area (Å²) in [6.07, 6.45) is 0.868. The molecule has 0 saturated carbocycles. The van der Waals surface area contributed by atoms with Crippen LogP contribution >= 0.6 is 0 Å². The van der Waals surface area contributed by atoms with Gasteiger partial charge in [0.2, 0.25) is 5.91 Å². The highest BCUT2D eigenvalue weighted by molar-refractivity contribution is 5.88. The van der Waals surface area contributed by atoms with Crippen molar-refractivity contribution in [3.05, 3.63) is 0 Å². The van der Waals surface area contributed by atoms with Gasteiger partial charge in [0, 0.05) is 36.5 Å². The van der Waals surface area contributed by atoms with E-state index in [0.717, 1.165) is 17.9 Å². The summed E-state index contributed by atoms with van der Waals surface area (Å²) in [6.45, 7) is 5.71. The van der Waals surface area contributed by atoms with Gasteiger partial charge in [-0.25, -0.2) is 0 Å². The first-order valence-corrected chi connectivity index (χ1v) is 10.7. The zero-order chi connectivity index (χ0) is 21.8. The van der Waals surface area contributed by atoms with E-state index < -0.39 is 24.3 Å². The number of nitrogens with zero attached hydrogens (tertiary/aromatic N) is 4. The molecule has 0 aliphatic carbocycles. The van der Waals surface area contributed by atoms with Gasteiger partial charge in [-0.2, -0.15) is 18.3 Å². The van der Waals surface area contributed by atoms with E-state index in [-0.39, 0.29) is 48.3 Å². The lowest BCUT2D eigenvalue weighted by molar-refractivity contribution is -0.146. The number of amides is 1. The first-order valence-electron chi connectivity index (χ1n) is 10.7. The molecule has 0 radical (unpaired) electrons. The van der Waals surface area contributed by atoms with Crippen molar-refractivity contribution in [1.29, 1.82) is 0 Å². The third-order valence-electron chi connectivity index (χ3n) is 7.12. The average Bonchev–Trinajstić information content (AvgIpc) is 3.13. The van der Waals surface area contributed by atoms with Crippen LogP contribution in [0, 0.1) is 17.8 Å². The zero-order valence-corrected chi connectivity index (χ0v) is 17.6. The van der Waals surface area contributed by atoms with Crippen molar-refractivity contribution < 1.29 is 18.0 Å². The molecule has 7 unspecified atom stereocenters. The lowest BCUT2D eigenvalue weighted by Crippen LogP contribution is -2.62. The molecule has 10 heteroatoms. The maximum absolute atomic E-state index is 13.4. The average molecular weight is 429 g/mol. The van der Waals surface area contributed by atoms with Crippen molar-refractivity contribution in [3.8, 4) is 0 Å². The van der Waals surface area contributed by atoms with Gasteiger partial charge in [0.05, 0.1) is 30.6 Å². The zero-order valence-electron chi connectivity index (χ0n) is 17.6. The Bertz CT molecular complexity index is 739. The standard InChI is InChI=1S/C20H31F3N6O/c1-11-4-15(12-5-13(24)7-25-6-12)27-17-16(11)18(30)29(19(17,2)3)14-8-26-28(9-14)10-20(21,22)23/h6,8,11-17,27H,4-5,7,9-10,24H2,1-3H3. The third-order valence-corrected chi connectivity index (χ3v) is 7.12. The van der Waals surface area contributed by atoms with Crippen LogP contribution in [0.15, 0.2) is 10.1 Å². The van der Waals surface area contributed by atoms with Crippen LogP contribution in [0.25, 0.3) is 0 Å². The fourth-order valence-corrected chi connectivity index (χ4v) is 5.82. The summed E-state index contributed by atoms with van der Waals surface area (Å²) in [6, 6.07) is -0.311. The molecule has 1 amide bonds. The van der Waals surface area contributed by atoms with Gasteiger partial charge in [0.15, 0.2) is 0 Å². The van der Waals surface area contributed by atoms with Crippen molar-refractivity contribution in [2.75, 3.05) is 19.6 Å². The number of piperidine rings is 1. The molecule has 2 fully saturated rings. The third kappa shape index (κ3) is 3.84. The molecular weight excluding hydrogens is 397 g/mol. The number of nitrogens with two attached hydrogens (primary N) is 1. The monoisotopic (exact) mass is 428 g/mol. The quantitative estimate of drug-likeness (QED) is 0.708. The lowest BCUT2D eigenvalue weighted by Gasteiger charge is -2.45. The fourth-order valence-electron chi connectivity index (χ4n) is 5.82. The summed E-state index contributed by atoms with van der Waals surface area (Å²) in [7, 11) is 0. The van der Waals surface area contributed by atoms with E-state index in [0.29, 0.717) is 6.54 Å². The molecule has 7 nitrogen and oxygen atoms in total. The number of hydrogen-bond acceptors (Lipinski definition) is 6. The second-order valence-electron chi connectivity index (χ2n) is 9.82. The van der Waals surface area contributed by atoms with E-state index in [9.17, 15) is 18.0 Å². The van der Waals surface area contributed by atoms with Crippen molar-refractivity contribution in [1.82, 2.24) is 15.2 Å². The maximum atomic E-state index is 13.4. The van der Waals surface area contributed by atoms with E-state index in [1.165, 1.54) is 6.21 Å². The van der Waals surface area contributed by atoms with Gasteiger partial charge in [-0.05, 0) is 32.6 Å². The number of hydrazone groups is 1. The van der Waals surface area contributed by atoms with Gasteiger partial charge in [-0.1, -0.05) is 6.92 Å². The van der Waals surface area contributed by atoms with Gasteiger partial charge in [-0.15, -0.1) is 0 Å². The van der Waals surface area contributed by atoms with Crippen molar-refractivity contribution in [2.24, 2.45) is 33.6 Å². The maximum Gasteiger partial charge on any atom is 0.407 e. The highest BCUT2D eigenvalue weighted by Gasteiger charge is 2.59. The van der Waals surface area contributed by atoms with E-state index in [1.54, 1.807) is 4.90 Å². The number of alkyl halides is 3. The van der Waals surface area contributed by atoms with Crippen molar-refractivity contribution >= 4 is 18.3 Å². The Morgan fingerprint density at radius 2 is 2.03 bits per heavy atom. The lowest BCUT2D eigenvalue weighted by atomic mass is 9.72. The normalized spacial score (nSPS) is 40.9. The van der Waals surface area contributed by atoms with Crippen molar-refractivity contribution in [2.45, 2.75) is 69.5 Å². The summed E-state index contributed by atoms with van der Waals surface area (Å²) in [5.41, 5.74) is 5.56. The molecule has 4 aliphatic heterocycles. The van der Waals surface area contributed by atoms with Crippen LogP contribution in [-0.2, 0) is 4.79 Å². The Kier molecular flexibility index (Phi) is 5.37. The summed E-state index contributed by atoms with van der Waals surface area (Å²) in [5.74, 6) is 0.194. The number of carbonyl (C=O) groups excluding carboxylic acids is 1. The van der Waals surface area contributed by atoms with Crippen LogP contribution in [0.1, 0.15) is 33.6 Å². The Balaban J connectivity index is 1.52. The number of carbonyl (C=O) groups is 1. The molecule has 0 aromatic carbocycles. The van der Waals surface area contributed by atoms with Gasteiger partial charge >= 0.3 is 6.18 Å². The molecule has 0 aromatic heterocycles. The molecule has 0 bridgehead atoms. The number of fused-ring (bicyclic) bond motifs is 1. The summed E-state index contributed by atoms with van der Waals surface area (Å²) < 4.78 is 38.3. The van der Waals surface area contributed by atoms with Crippen LogP contribution in [0.2, 0.25) is 0 Å². The Labute approximate surface area is 174 Å². The summed E-state index contributed by atoms with van der Waals surface area (Å²) >= 11 is 0. The molecule has 0 spiro atoms. The SMILES string of the molecule is CC1CC(C2C=NCC(N)C2)NC2C1C(=O)N(C1C=NN(CC(F)(F)F)C1)C2(C)C.